The van der Waals surface area contributed by atoms with Crippen molar-refractivity contribution >= 4 is 0 Å². The van der Waals surface area contributed by atoms with E-state index in [2.05, 4.69) is 6.07 Å². The Hall–Kier alpha value is -1.90. The van der Waals surface area contributed by atoms with E-state index in [1.807, 2.05) is 0 Å². The van der Waals surface area contributed by atoms with Crippen molar-refractivity contribution in [2.45, 2.75) is 6.61 Å². The van der Waals surface area contributed by atoms with Crippen molar-refractivity contribution in [1.29, 1.82) is 0 Å². The number of ether oxygens (including phenoxy) is 1. The maximum absolute atomic E-state index is 13.1. The quantitative estimate of drug-likeness (QED) is 0.769. The van der Waals surface area contributed by atoms with E-state index in [0.717, 1.165) is 0 Å². The Morgan fingerprint density at radius 2 is 2.00 bits per heavy atom. The van der Waals surface area contributed by atoms with Crippen molar-refractivity contribution in [3.05, 3.63) is 65.7 Å². The summed E-state index contributed by atoms with van der Waals surface area (Å²) in [6.07, 6.45) is 0. The number of hydrogen-bond acceptors (Lipinski definition) is 1. The van der Waals surface area contributed by atoms with Gasteiger partial charge in [-0.25, -0.2) is 8.78 Å². The summed E-state index contributed by atoms with van der Waals surface area (Å²) in [5.41, 5.74) is 0.656. The smallest absolute Gasteiger partial charge is 0.172 e. The maximum Gasteiger partial charge on any atom is 0.172 e. The van der Waals surface area contributed by atoms with Crippen molar-refractivity contribution in [3.8, 4) is 5.75 Å². The lowest BCUT2D eigenvalue weighted by molar-refractivity contribution is 0.289. The second-order valence-corrected chi connectivity index (χ2v) is 3.27. The van der Waals surface area contributed by atoms with Gasteiger partial charge in [0.2, 0.25) is 0 Å². The average Bonchev–Trinajstić information content (AvgIpc) is 2.28. The minimum Gasteiger partial charge on any atom is -0.486 e. The maximum atomic E-state index is 13.1. The monoisotopic (exact) mass is 219 g/mol. The van der Waals surface area contributed by atoms with Crippen LogP contribution < -0.4 is 4.74 Å². The van der Waals surface area contributed by atoms with Gasteiger partial charge >= 0.3 is 0 Å². The van der Waals surface area contributed by atoms with Crippen LogP contribution in [0.2, 0.25) is 0 Å². The van der Waals surface area contributed by atoms with Gasteiger partial charge in [0.1, 0.15) is 12.4 Å². The van der Waals surface area contributed by atoms with E-state index in [-0.39, 0.29) is 18.2 Å². The van der Waals surface area contributed by atoms with Crippen LogP contribution in [0, 0.1) is 17.7 Å². The third-order valence-corrected chi connectivity index (χ3v) is 2.05. The molecule has 81 valence electrons. The van der Waals surface area contributed by atoms with Gasteiger partial charge < -0.3 is 4.74 Å². The first-order valence-corrected chi connectivity index (χ1v) is 4.79. The zero-order chi connectivity index (χ0) is 11.4. The van der Waals surface area contributed by atoms with Crippen LogP contribution in [0.4, 0.5) is 8.78 Å². The number of halogens is 2. The highest BCUT2D eigenvalue weighted by Crippen LogP contribution is 2.16. The molecule has 2 aromatic carbocycles. The third-order valence-electron chi connectivity index (χ3n) is 2.05. The molecule has 0 aliphatic heterocycles. The van der Waals surface area contributed by atoms with Crippen molar-refractivity contribution in [2.24, 2.45) is 0 Å². The van der Waals surface area contributed by atoms with Crippen molar-refractivity contribution in [3.63, 3.8) is 0 Å². The summed E-state index contributed by atoms with van der Waals surface area (Å²) < 4.78 is 31.2. The van der Waals surface area contributed by atoms with Crippen LogP contribution in [0.3, 0.4) is 0 Å². The fourth-order valence-corrected chi connectivity index (χ4v) is 1.30. The molecule has 0 saturated carbocycles. The zero-order valence-electron chi connectivity index (χ0n) is 8.41. The summed E-state index contributed by atoms with van der Waals surface area (Å²) in [7, 11) is 0. The van der Waals surface area contributed by atoms with Gasteiger partial charge in [0, 0.05) is 6.07 Å². The minimum absolute atomic E-state index is 0.117. The molecule has 0 atom stereocenters. The average molecular weight is 219 g/mol. The minimum atomic E-state index is -0.543. The molecule has 0 aromatic heterocycles. The fraction of sp³-hybridized carbons (Fsp3) is 0.0769. The third kappa shape index (κ3) is 2.57. The molecule has 0 aliphatic rings. The second-order valence-electron chi connectivity index (χ2n) is 3.27. The molecule has 1 nitrogen and oxygen atoms in total. The van der Waals surface area contributed by atoms with E-state index < -0.39 is 5.82 Å². The van der Waals surface area contributed by atoms with Gasteiger partial charge in [-0.05, 0) is 23.8 Å². The van der Waals surface area contributed by atoms with Gasteiger partial charge in [0.25, 0.3) is 0 Å². The van der Waals surface area contributed by atoms with Crippen LogP contribution >= 0.6 is 0 Å². The van der Waals surface area contributed by atoms with E-state index >= 15 is 0 Å². The topological polar surface area (TPSA) is 9.23 Å². The van der Waals surface area contributed by atoms with E-state index in [0.29, 0.717) is 5.56 Å². The van der Waals surface area contributed by atoms with Crippen LogP contribution in [0.25, 0.3) is 0 Å². The van der Waals surface area contributed by atoms with Crippen molar-refractivity contribution in [1.82, 2.24) is 0 Å². The Balaban J connectivity index is 2.05. The van der Waals surface area contributed by atoms with Crippen LogP contribution in [0.5, 0.6) is 5.75 Å². The Morgan fingerprint density at radius 3 is 2.75 bits per heavy atom. The molecule has 0 unspecified atom stereocenters. The van der Waals surface area contributed by atoms with Gasteiger partial charge in [-0.2, -0.15) is 0 Å². The van der Waals surface area contributed by atoms with E-state index in [1.54, 1.807) is 18.2 Å². The first-order valence-electron chi connectivity index (χ1n) is 4.79. The molecule has 0 N–H and O–H groups in total. The van der Waals surface area contributed by atoms with Gasteiger partial charge in [-0.1, -0.05) is 24.3 Å². The van der Waals surface area contributed by atoms with Gasteiger partial charge in [-0.15, -0.1) is 0 Å². The summed E-state index contributed by atoms with van der Waals surface area (Å²) >= 11 is 0. The molecule has 2 rings (SSSR count). The molecule has 16 heavy (non-hydrogen) atoms. The summed E-state index contributed by atoms with van der Waals surface area (Å²) in [6.45, 7) is 0.131. The molecule has 1 radical (unpaired) electrons. The molecule has 0 spiro atoms. The Bertz CT molecular complexity index is 483. The molecule has 0 saturated heterocycles. The van der Waals surface area contributed by atoms with E-state index in [1.165, 1.54) is 24.3 Å². The van der Waals surface area contributed by atoms with E-state index in [9.17, 15) is 8.78 Å². The van der Waals surface area contributed by atoms with Gasteiger partial charge in [-0.3, -0.25) is 0 Å². The van der Waals surface area contributed by atoms with Crippen molar-refractivity contribution < 1.29 is 13.5 Å². The lowest BCUT2D eigenvalue weighted by Gasteiger charge is -2.06. The summed E-state index contributed by atoms with van der Waals surface area (Å²) in [6, 6.07) is 13.0. The van der Waals surface area contributed by atoms with Crippen LogP contribution in [-0.2, 0) is 6.61 Å². The number of benzene rings is 2. The molecular formula is C13H9F2O. The fourth-order valence-electron chi connectivity index (χ4n) is 1.30. The molecule has 0 aliphatic carbocycles. The molecule has 0 heterocycles. The highest BCUT2D eigenvalue weighted by atomic mass is 19.1. The molecule has 3 heteroatoms. The molecule has 0 fully saturated rings. The Morgan fingerprint density at radius 1 is 1.12 bits per heavy atom. The number of hydrogen-bond donors (Lipinski definition) is 0. The lowest BCUT2D eigenvalue weighted by Crippen LogP contribution is -1.97. The highest BCUT2D eigenvalue weighted by molar-refractivity contribution is 5.24. The van der Waals surface area contributed by atoms with Crippen LogP contribution in [0.1, 0.15) is 5.56 Å². The normalized spacial score (nSPS) is 10.1. The Labute approximate surface area is 92.3 Å². The summed E-state index contributed by atoms with van der Waals surface area (Å²) in [5, 5.41) is 0. The lowest BCUT2D eigenvalue weighted by atomic mass is 10.2. The Kier molecular flexibility index (Phi) is 3.15. The first kappa shape index (κ1) is 10.6. The molecule has 2 aromatic rings. The molecular weight excluding hydrogens is 210 g/mol. The van der Waals surface area contributed by atoms with Crippen molar-refractivity contribution in [2.75, 3.05) is 0 Å². The van der Waals surface area contributed by atoms with Gasteiger partial charge in [0.05, 0.1) is 0 Å². The largest absolute Gasteiger partial charge is 0.486 e. The summed E-state index contributed by atoms with van der Waals surface area (Å²) in [5.74, 6) is -0.758. The molecule has 0 bridgehead atoms. The standard InChI is InChI=1S/C13H9F2O/c14-11-5-3-4-10(8-11)9-16-13-7-2-1-6-12(13)15/h1-5,7-8H,9H2. The van der Waals surface area contributed by atoms with E-state index in [4.69, 9.17) is 4.74 Å². The predicted molar refractivity (Wildman–Crippen MR) is 56.0 cm³/mol. The van der Waals surface area contributed by atoms with Crippen LogP contribution in [0.15, 0.2) is 42.5 Å². The second kappa shape index (κ2) is 4.75. The first-order chi connectivity index (χ1) is 7.75. The van der Waals surface area contributed by atoms with Crippen LogP contribution in [-0.4, -0.2) is 0 Å². The van der Waals surface area contributed by atoms with Gasteiger partial charge in [0.15, 0.2) is 11.6 Å². The SMILES string of the molecule is Fc1cccc(COc2ccc[c]c2F)c1. The highest BCUT2D eigenvalue weighted by Gasteiger charge is 2.02. The molecule has 0 amide bonds. The summed E-state index contributed by atoms with van der Waals surface area (Å²) in [4.78, 5) is 0. The predicted octanol–water partition coefficient (Wildman–Crippen LogP) is 3.34. The zero-order valence-corrected chi connectivity index (χ0v) is 8.41. The number of rotatable bonds is 3.